The van der Waals surface area contributed by atoms with E-state index in [4.69, 9.17) is 11.6 Å². The van der Waals surface area contributed by atoms with Gasteiger partial charge >= 0.3 is 6.18 Å². The second-order valence-electron chi connectivity index (χ2n) is 8.62. The van der Waals surface area contributed by atoms with Crippen molar-refractivity contribution in [2.24, 2.45) is 0 Å². The van der Waals surface area contributed by atoms with Crippen molar-refractivity contribution in [3.63, 3.8) is 0 Å². The molecule has 1 amide bonds. The first-order valence-corrected chi connectivity index (χ1v) is 13.6. The van der Waals surface area contributed by atoms with Crippen LogP contribution in [0.4, 0.5) is 13.2 Å². The maximum atomic E-state index is 13.4. The fraction of sp³-hybridized carbons (Fsp3) is 0.333. The van der Waals surface area contributed by atoms with E-state index >= 15 is 0 Å². The lowest BCUT2D eigenvalue weighted by Gasteiger charge is -2.34. The number of carbonyl (C=O) groups excluding carboxylic acids is 1. The first-order chi connectivity index (χ1) is 16.9. The molecule has 0 saturated carbocycles. The van der Waals surface area contributed by atoms with Gasteiger partial charge in [-0.25, -0.2) is 13.1 Å². The zero-order valence-corrected chi connectivity index (χ0v) is 20.9. The Morgan fingerprint density at radius 3 is 2.25 bits per heavy atom. The molecule has 7 nitrogen and oxygen atoms in total. The zero-order chi connectivity index (χ0) is 26.1. The Kier molecular flexibility index (Phi) is 7.44. The van der Waals surface area contributed by atoms with Gasteiger partial charge in [0, 0.05) is 50.1 Å². The first-order valence-electron chi connectivity index (χ1n) is 11.1. The molecule has 36 heavy (non-hydrogen) atoms. The number of piperazine rings is 1. The highest BCUT2D eigenvalue weighted by atomic mass is 35.5. The molecule has 12 heteroatoms. The topological polar surface area (TPSA) is 75.5 Å². The highest BCUT2D eigenvalue weighted by molar-refractivity contribution is 7.90. The molecular weight excluding hydrogens is 517 g/mol. The van der Waals surface area contributed by atoms with Crippen LogP contribution in [0.25, 0.3) is 16.9 Å². The van der Waals surface area contributed by atoms with Crippen molar-refractivity contribution in [3.05, 3.63) is 70.9 Å². The number of benzene rings is 2. The molecule has 4 rings (SSSR count). The Morgan fingerprint density at radius 2 is 1.67 bits per heavy atom. The van der Waals surface area contributed by atoms with Crippen molar-refractivity contribution < 1.29 is 26.4 Å². The number of carbonyl (C=O) groups is 1. The Hall–Kier alpha value is -2.89. The second-order valence-corrected chi connectivity index (χ2v) is 11.3. The largest absolute Gasteiger partial charge is 0.435 e. The fourth-order valence-electron chi connectivity index (χ4n) is 3.97. The molecule has 2 heterocycles. The minimum atomic E-state index is -4.64. The van der Waals surface area contributed by atoms with Gasteiger partial charge in [-0.15, -0.1) is 0 Å². The van der Waals surface area contributed by atoms with Gasteiger partial charge in [-0.05, 0) is 30.3 Å². The van der Waals surface area contributed by atoms with Gasteiger partial charge in [0.05, 0.1) is 22.2 Å². The van der Waals surface area contributed by atoms with Gasteiger partial charge in [-0.2, -0.15) is 18.3 Å². The molecule has 0 spiro atoms. The van der Waals surface area contributed by atoms with Crippen molar-refractivity contribution in [1.82, 2.24) is 19.6 Å². The maximum Gasteiger partial charge on any atom is 0.435 e. The van der Waals surface area contributed by atoms with Crippen LogP contribution in [0.2, 0.25) is 5.02 Å². The van der Waals surface area contributed by atoms with E-state index in [9.17, 15) is 26.4 Å². The van der Waals surface area contributed by atoms with Gasteiger partial charge in [0.15, 0.2) is 5.69 Å². The van der Waals surface area contributed by atoms with Crippen molar-refractivity contribution in [2.75, 3.05) is 44.7 Å². The summed E-state index contributed by atoms with van der Waals surface area (Å²) in [6.45, 7) is 2.47. The number of amides is 1. The Labute approximate surface area is 212 Å². The number of hydrogen-bond donors (Lipinski definition) is 0. The van der Waals surface area contributed by atoms with Crippen molar-refractivity contribution in [2.45, 2.75) is 6.18 Å². The molecule has 0 radical (unpaired) electrons. The Bertz CT molecular complexity index is 1350. The van der Waals surface area contributed by atoms with Gasteiger partial charge in [-0.1, -0.05) is 35.9 Å². The van der Waals surface area contributed by atoms with Crippen LogP contribution >= 0.6 is 11.6 Å². The standard InChI is InChI=1S/C24H24ClF3N4O3S/c1-36(34,35)15-14-30-10-12-31(13-11-30)23(33)18-8-6-17(7-9-18)21-16-22(24(26,27)28)29-32(21)20-5-3-2-4-19(20)25/h2-9,16H,10-15H2,1H3. The van der Waals surface area contributed by atoms with Crippen LogP contribution in [0, 0.1) is 0 Å². The van der Waals surface area contributed by atoms with Gasteiger partial charge in [0.2, 0.25) is 0 Å². The Morgan fingerprint density at radius 1 is 1.03 bits per heavy atom. The molecule has 1 aromatic heterocycles. The number of hydrogen-bond acceptors (Lipinski definition) is 5. The summed E-state index contributed by atoms with van der Waals surface area (Å²) < 4.78 is 64.2. The van der Waals surface area contributed by atoms with Gasteiger partial charge in [0.25, 0.3) is 5.91 Å². The number of rotatable bonds is 6. The van der Waals surface area contributed by atoms with Crippen LogP contribution in [-0.2, 0) is 16.0 Å². The first kappa shape index (κ1) is 26.2. The smallest absolute Gasteiger partial charge is 0.336 e. The summed E-state index contributed by atoms with van der Waals surface area (Å²) in [4.78, 5) is 16.7. The Balaban J connectivity index is 1.52. The van der Waals surface area contributed by atoms with E-state index in [-0.39, 0.29) is 22.4 Å². The number of halogens is 4. The molecule has 1 aliphatic rings. The average molecular weight is 541 g/mol. The van der Waals surface area contributed by atoms with Crippen LogP contribution in [0.15, 0.2) is 54.6 Å². The summed E-state index contributed by atoms with van der Waals surface area (Å²) >= 11 is 6.22. The molecule has 1 fully saturated rings. The van der Waals surface area contributed by atoms with Gasteiger partial charge < -0.3 is 4.90 Å². The highest BCUT2D eigenvalue weighted by Gasteiger charge is 2.35. The lowest BCUT2D eigenvalue weighted by atomic mass is 10.1. The second kappa shape index (κ2) is 10.2. The van der Waals surface area contributed by atoms with E-state index in [1.54, 1.807) is 53.4 Å². The van der Waals surface area contributed by atoms with E-state index in [1.165, 1.54) is 6.26 Å². The van der Waals surface area contributed by atoms with E-state index < -0.39 is 21.7 Å². The molecule has 0 N–H and O–H groups in total. The van der Waals surface area contributed by atoms with Gasteiger partial charge in [-0.3, -0.25) is 9.69 Å². The van der Waals surface area contributed by atoms with Crippen molar-refractivity contribution in [3.8, 4) is 16.9 Å². The van der Waals surface area contributed by atoms with E-state index in [2.05, 4.69) is 5.10 Å². The van der Waals surface area contributed by atoms with Crippen LogP contribution in [-0.4, -0.2) is 78.6 Å². The third-order valence-electron chi connectivity index (χ3n) is 5.95. The van der Waals surface area contributed by atoms with Crippen LogP contribution < -0.4 is 0 Å². The lowest BCUT2D eigenvalue weighted by Crippen LogP contribution is -2.49. The van der Waals surface area contributed by atoms with Crippen molar-refractivity contribution >= 4 is 27.3 Å². The highest BCUT2D eigenvalue weighted by Crippen LogP contribution is 2.34. The predicted octanol–water partition coefficient (Wildman–Crippen LogP) is 4.01. The normalized spacial score (nSPS) is 15.3. The molecule has 192 valence electrons. The molecule has 1 saturated heterocycles. The molecule has 3 aromatic rings. The summed E-state index contributed by atoms with van der Waals surface area (Å²) in [5.41, 5.74) is 0.294. The monoisotopic (exact) mass is 540 g/mol. The third kappa shape index (κ3) is 6.08. The minimum Gasteiger partial charge on any atom is -0.336 e. The quantitative estimate of drug-likeness (QED) is 0.472. The third-order valence-corrected chi connectivity index (χ3v) is 7.19. The molecule has 0 aliphatic carbocycles. The SMILES string of the molecule is CS(=O)(=O)CCN1CCN(C(=O)c2ccc(-c3cc(C(F)(F)F)nn3-c3ccccc3Cl)cc2)CC1. The summed E-state index contributed by atoms with van der Waals surface area (Å²) in [5.74, 6) is -0.122. The fourth-order valence-corrected chi connectivity index (χ4v) is 4.77. The predicted molar refractivity (Wildman–Crippen MR) is 131 cm³/mol. The number of sulfone groups is 1. The molecule has 1 aliphatic heterocycles. The van der Waals surface area contributed by atoms with Crippen LogP contribution in [0.5, 0.6) is 0 Å². The van der Waals surface area contributed by atoms with Crippen molar-refractivity contribution in [1.29, 1.82) is 0 Å². The average Bonchev–Trinajstić information content (AvgIpc) is 3.28. The molecule has 0 atom stereocenters. The summed E-state index contributed by atoms with van der Waals surface area (Å²) in [6, 6.07) is 13.7. The molecule has 0 unspecified atom stereocenters. The minimum absolute atomic E-state index is 0.0727. The zero-order valence-electron chi connectivity index (χ0n) is 19.4. The summed E-state index contributed by atoms with van der Waals surface area (Å²) in [7, 11) is -3.05. The lowest BCUT2D eigenvalue weighted by molar-refractivity contribution is -0.141. The van der Waals surface area contributed by atoms with Gasteiger partial charge in [0.1, 0.15) is 9.84 Å². The molecule has 0 bridgehead atoms. The maximum absolute atomic E-state index is 13.4. The number of alkyl halides is 3. The van der Waals surface area contributed by atoms with Crippen LogP contribution in [0.1, 0.15) is 16.1 Å². The molecule has 2 aromatic carbocycles. The number of nitrogens with zero attached hydrogens (tertiary/aromatic N) is 4. The number of para-hydroxylation sites is 1. The number of aromatic nitrogens is 2. The molecular formula is C24H24ClF3N4O3S. The van der Waals surface area contributed by atoms with E-state index in [0.29, 0.717) is 49.5 Å². The summed E-state index contributed by atoms with van der Waals surface area (Å²) in [5, 5.41) is 4.00. The van der Waals surface area contributed by atoms with E-state index in [1.807, 2.05) is 4.90 Å². The van der Waals surface area contributed by atoms with E-state index in [0.717, 1.165) is 10.7 Å². The van der Waals surface area contributed by atoms with Crippen LogP contribution in [0.3, 0.4) is 0 Å². The summed E-state index contributed by atoms with van der Waals surface area (Å²) in [6.07, 6.45) is -3.44.